The zero-order chi connectivity index (χ0) is 12.4. The second-order valence-electron chi connectivity index (χ2n) is 4.05. The Labute approximate surface area is 97.7 Å². The van der Waals surface area contributed by atoms with Crippen LogP contribution in [0.5, 0.6) is 0 Å². The molecule has 0 aromatic carbocycles. The molecule has 0 saturated carbocycles. The van der Waals surface area contributed by atoms with Crippen molar-refractivity contribution in [2.24, 2.45) is 5.92 Å². The highest BCUT2D eigenvalue weighted by atomic mass is 16.5. The molecule has 1 N–H and O–H groups in total. The Morgan fingerprint density at radius 1 is 1.44 bits per heavy atom. The van der Waals surface area contributed by atoms with E-state index < -0.39 is 6.04 Å². The molecule has 0 saturated heterocycles. The number of ether oxygens (including phenoxy) is 1. The third kappa shape index (κ3) is 6.43. The highest BCUT2D eigenvalue weighted by Gasteiger charge is 2.15. The van der Waals surface area contributed by atoms with Crippen LogP contribution in [0.4, 0.5) is 0 Å². The Kier molecular flexibility index (Phi) is 8.58. The van der Waals surface area contributed by atoms with Crippen LogP contribution in [0.2, 0.25) is 0 Å². The number of nitrogens with one attached hydrogen (secondary N) is 1. The average molecular weight is 229 g/mol. The van der Waals surface area contributed by atoms with Crippen LogP contribution in [0, 0.1) is 5.92 Å². The van der Waals surface area contributed by atoms with Crippen molar-refractivity contribution in [3.63, 3.8) is 0 Å². The number of amides is 1. The highest BCUT2D eigenvalue weighted by Crippen LogP contribution is 2.13. The first kappa shape index (κ1) is 14.9. The van der Waals surface area contributed by atoms with Crippen molar-refractivity contribution < 1.29 is 14.3 Å². The van der Waals surface area contributed by atoms with Crippen LogP contribution in [0.3, 0.4) is 0 Å². The molecule has 4 nitrogen and oxygen atoms in total. The third-order valence-electron chi connectivity index (χ3n) is 2.68. The number of rotatable bonds is 9. The van der Waals surface area contributed by atoms with E-state index in [1.54, 1.807) is 6.92 Å². The number of carbonyl (C=O) groups is 2. The Bertz CT molecular complexity index is 206. The summed E-state index contributed by atoms with van der Waals surface area (Å²) in [5, 5.41) is 2.38. The van der Waals surface area contributed by atoms with Gasteiger partial charge in [0.05, 0.1) is 6.61 Å². The SMILES string of the molecule is CCCCC(CC)COC(=O)C(C)NC=O. The lowest BCUT2D eigenvalue weighted by atomic mass is 10.0. The largest absolute Gasteiger partial charge is 0.464 e. The van der Waals surface area contributed by atoms with Gasteiger partial charge >= 0.3 is 5.97 Å². The smallest absolute Gasteiger partial charge is 0.328 e. The second-order valence-corrected chi connectivity index (χ2v) is 4.05. The van der Waals surface area contributed by atoms with Gasteiger partial charge in [-0.25, -0.2) is 4.79 Å². The fraction of sp³-hybridized carbons (Fsp3) is 0.833. The molecule has 0 fully saturated rings. The molecule has 94 valence electrons. The summed E-state index contributed by atoms with van der Waals surface area (Å²) >= 11 is 0. The predicted molar refractivity (Wildman–Crippen MR) is 62.9 cm³/mol. The Hall–Kier alpha value is -1.06. The van der Waals surface area contributed by atoms with Gasteiger partial charge in [-0.2, -0.15) is 0 Å². The Morgan fingerprint density at radius 3 is 2.62 bits per heavy atom. The van der Waals surface area contributed by atoms with Crippen molar-refractivity contribution in [3.05, 3.63) is 0 Å². The molecule has 2 atom stereocenters. The van der Waals surface area contributed by atoms with Gasteiger partial charge in [-0.05, 0) is 19.3 Å². The number of hydrogen-bond donors (Lipinski definition) is 1. The normalized spacial score (nSPS) is 13.9. The zero-order valence-electron chi connectivity index (χ0n) is 10.5. The van der Waals surface area contributed by atoms with Gasteiger partial charge in [0.15, 0.2) is 0 Å². The first-order valence-electron chi connectivity index (χ1n) is 6.01. The summed E-state index contributed by atoms with van der Waals surface area (Å²) in [5.41, 5.74) is 0. The standard InChI is InChI=1S/C12H23NO3/c1-4-6-7-11(5-2)8-16-12(15)10(3)13-9-14/h9-11H,4-8H2,1-3H3,(H,13,14). The van der Waals surface area contributed by atoms with E-state index in [-0.39, 0.29) is 5.97 Å². The maximum atomic E-state index is 11.4. The fourth-order valence-corrected chi connectivity index (χ4v) is 1.39. The molecular weight excluding hydrogens is 206 g/mol. The summed E-state index contributed by atoms with van der Waals surface area (Å²) in [6.45, 7) is 6.32. The molecule has 2 unspecified atom stereocenters. The van der Waals surface area contributed by atoms with Crippen LogP contribution < -0.4 is 5.32 Å². The van der Waals surface area contributed by atoms with E-state index in [1.165, 1.54) is 0 Å². The van der Waals surface area contributed by atoms with Gasteiger partial charge in [0.25, 0.3) is 0 Å². The summed E-state index contributed by atoms with van der Waals surface area (Å²) in [6.07, 6.45) is 4.95. The van der Waals surface area contributed by atoms with Crippen LogP contribution in [0.1, 0.15) is 46.5 Å². The fourth-order valence-electron chi connectivity index (χ4n) is 1.39. The van der Waals surface area contributed by atoms with E-state index in [1.807, 2.05) is 0 Å². The van der Waals surface area contributed by atoms with E-state index in [9.17, 15) is 9.59 Å². The summed E-state index contributed by atoms with van der Waals surface area (Å²) in [6, 6.07) is -0.554. The lowest BCUT2D eigenvalue weighted by molar-refractivity contribution is -0.147. The Morgan fingerprint density at radius 2 is 2.12 bits per heavy atom. The third-order valence-corrected chi connectivity index (χ3v) is 2.68. The first-order chi connectivity index (χ1) is 7.65. The molecule has 0 radical (unpaired) electrons. The first-order valence-corrected chi connectivity index (χ1v) is 6.01. The molecule has 0 rings (SSSR count). The van der Waals surface area contributed by atoms with Crippen LogP contribution in [-0.2, 0) is 14.3 Å². The van der Waals surface area contributed by atoms with E-state index in [4.69, 9.17) is 4.74 Å². The maximum absolute atomic E-state index is 11.4. The van der Waals surface area contributed by atoms with E-state index in [2.05, 4.69) is 19.2 Å². The quantitative estimate of drug-likeness (QED) is 0.485. The number of unbranched alkanes of at least 4 members (excludes halogenated alkanes) is 1. The number of esters is 1. The van der Waals surface area contributed by atoms with Crippen molar-refractivity contribution in [2.75, 3.05) is 6.61 Å². The predicted octanol–water partition coefficient (Wildman–Crippen LogP) is 1.88. The van der Waals surface area contributed by atoms with Gasteiger partial charge in [-0.3, -0.25) is 4.79 Å². The minimum Gasteiger partial charge on any atom is -0.464 e. The minimum atomic E-state index is -0.554. The van der Waals surface area contributed by atoms with Crippen molar-refractivity contribution in [2.45, 2.75) is 52.5 Å². The van der Waals surface area contributed by atoms with Crippen LogP contribution >= 0.6 is 0 Å². The van der Waals surface area contributed by atoms with Gasteiger partial charge < -0.3 is 10.1 Å². The molecular formula is C12H23NO3. The molecule has 0 spiro atoms. The van der Waals surface area contributed by atoms with Crippen LogP contribution in [-0.4, -0.2) is 25.0 Å². The van der Waals surface area contributed by atoms with E-state index >= 15 is 0 Å². The monoisotopic (exact) mass is 229 g/mol. The molecule has 0 aliphatic heterocycles. The van der Waals surface area contributed by atoms with Crippen molar-refractivity contribution >= 4 is 12.4 Å². The van der Waals surface area contributed by atoms with Gasteiger partial charge in [0, 0.05) is 0 Å². The summed E-state index contributed by atoms with van der Waals surface area (Å²) in [5.74, 6) is 0.0781. The molecule has 0 heterocycles. The van der Waals surface area contributed by atoms with E-state index in [0.717, 1.165) is 25.7 Å². The average Bonchev–Trinajstić information content (AvgIpc) is 2.29. The molecule has 0 aromatic heterocycles. The topological polar surface area (TPSA) is 55.4 Å². The van der Waals surface area contributed by atoms with Crippen molar-refractivity contribution in [1.29, 1.82) is 0 Å². The highest BCUT2D eigenvalue weighted by molar-refractivity contribution is 5.77. The van der Waals surface area contributed by atoms with Crippen LogP contribution in [0.15, 0.2) is 0 Å². The number of carbonyl (C=O) groups excluding carboxylic acids is 2. The minimum absolute atomic E-state index is 0.359. The van der Waals surface area contributed by atoms with Crippen molar-refractivity contribution in [3.8, 4) is 0 Å². The second kappa shape index (κ2) is 9.19. The lowest BCUT2D eigenvalue weighted by Crippen LogP contribution is -2.35. The van der Waals surface area contributed by atoms with Gasteiger partial charge in [0.1, 0.15) is 6.04 Å². The Balaban J connectivity index is 3.82. The summed E-state index contributed by atoms with van der Waals surface area (Å²) < 4.78 is 5.15. The van der Waals surface area contributed by atoms with Crippen LogP contribution in [0.25, 0.3) is 0 Å². The molecule has 0 aliphatic carbocycles. The van der Waals surface area contributed by atoms with Gasteiger partial charge in [0.2, 0.25) is 6.41 Å². The molecule has 1 amide bonds. The van der Waals surface area contributed by atoms with E-state index in [0.29, 0.717) is 18.9 Å². The zero-order valence-corrected chi connectivity index (χ0v) is 10.5. The van der Waals surface area contributed by atoms with Crippen molar-refractivity contribution in [1.82, 2.24) is 5.32 Å². The summed E-state index contributed by atoms with van der Waals surface area (Å²) in [4.78, 5) is 21.5. The molecule has 16 heavy (non-hydrogen) atoms. The molecule has 0 aromatic rings. The summed E-state index contributed by atoms with van der Waals surface area (Å²) in [7, 11) is 0. The number of hydrogen-bond acceptors (Lipinski definition) is 3. The maximum Gasteiger partial charge on any atom is 0.328 e. The van der Waals surface area contributed by atoms with Gasteiger partial charge in [-0.15, -0.1) is 0 Å². The van der Waals surface area contributed by atoms with Gasteiger partial charge in [-0.1, -0.05) is 33.1 Å². The lowest BCUT2D eigenvalue weighted by Gasteiger charge is -2.16. The molecule has 4 heteroatoms. The molecule has 0 aliphatic rings. The molecule has 0 bridgehead atoms.